The lowest BCUT2D eigenvalue weighted by Crippen LogP contribution is -2.26. The molecule has 4 rings (SSSR count). The van der Waals surface area contributed by atoms with Crippen LogP contribution in [0.3, 0.4) is 0 Å². The van der Waals surface area contributed by atoms with Crippen LogP contribution in [0.5, 0.6) is 0 Å². The Labute approximate surface area is 131 Å². The molecule has 1 fully saturated rings. The van der Waals surface area contributed by atoms with Gasteiger partial charge in [-0.25, -0.2) is 0 Å². The highest BCUT2D eigenvalue weighted by Gasteiger charge is 2.29. The molecule has 1 nitrogen and oxygen atoms in total. The molecule has 2 heteroatoms. The zero-order chi connectivity index (χ0) is 14.2. The fourth-order valence-electron chi connectivity index (χ4n) is 4.15. The maximum Gasteiger partial charge on any atom is 0.00985 e. The summed E-state index contributed by atoms with van der Waals surface area (Å²) in [5.41, 5.74) is 6.02. The molecule has 2 atom stereocenters. The molecule has 0 N–H and O–H groups in total. The van der Waals surface area contributed by atoms with E-state index in [1.807, 2.05) is 0 Å². The largest absolute Gasteiger partial charge is 0.303 e. The monoisotopic (exact) mass is 297 g/mol. The van der Waals surface area contributed by atoms with Crippen LogP contribution in [0, 0.1) is 0 Å². The molecular weight excluding hydrogens is 274 g/mol. The van der Waals surface area contributed by atoms with Crippen LogP contribution in [0.2, 0.25) is 0 Å². The van der Waals surface area contributed by atoms with Gasteiger partial charge in [-0.3, -0.25) is 0 Å². The minimum absolute atomic E-state index is 0.782. The van der Waals surface area contributed by atoms with E-state index >= 15 is 0 Å². The predicted octanol–water partition coefficient (Wildman–Crippen LogP) is 4.93. The van der Waals surface area contributed by atoms with Crippen molar-refractivity contribution in [1.29, 1.82) is 0 Å². The highest BCUT2D eigenvalue weighted by atomic mass is 32.1. The van der Waals surface area contributed by atoms with Crippen molar-refractivity contribution in [2.75, 3.05) is 13.6 Å². The third-order valence-corrected chi connectivity index (χ3v) is 6.11. The van der Waals surface area contributed by atoms with Crippen LogP contribution in [-0.4, -0.2) is 24.5 Å². The summed E-state index contributed by atoms with van der Waals surface area (Å²) in [5.74, 6) is 0.782. The lowest BCUT2D eigenvalue weighted by molar-refractivity contribution is 0.281. The molecule has 110 valence electrons. The quantitative estimate of drug-likeness (QED) is 0.776. The molecule has 0 saturated carbocycles. The molecular formula is C19H23NS. The average molecular weight is 297 g/mol. The second-order valence-corrected chi connectivity index (χ2v) is 7.45. The minimum Gasteiger partial charge on any atom is -0.303 e. The standard InChI is InChI=1S/C19H23NS/c1-20-9-2-3-18(20)11-16-7-5-14-4-6-15(12-19(14)16)17-8-10-21-13-17/h4,6,8,10,12-13,16,18H,2-3,5,7,9,11H2,1H3/t16-,18+/m0/s1. The molecule has 1 aromatic heterocycles. The molecule has 21 heavy (non-hydrogen) atoms. The Morgan fingerprint density at radius 2 is 2.14 bits per heavy atom. The number of fused-ring (bicyclic) bond motifs is 1. The molecule has 2 heterocycles. The molecule has 1 saturated heterocycles. The number of aryl methyl sites for hydroxylation is 1. The van der Waals surface area contributed by atoms with Crippen LogP contribution in [0.4, 0.5) is 0 Å². The smallest absolute Gasteiger partial charge is 0.00985 e. The molecule has 2 aromatic rings. The van der Waals surface area contributed by atoms with Gasteiger partial charge < -0.3 is 4.90 Å². The normalized spacial score (nSPS) is 25.4. The Hall–Kier alpha value is -1.12. The Bertz CT molecular complexity index is 617. The third-order valence-electron chi connectivity index (χ3n) is 5.43. The van der Waals surface area contributed by atoms with Crippen LogP contribution >= 0.6 is 11.3 Å². The summed E-state index contributed by atoms with van der Waals surface area (Å²) in [6.07, 6.45) is 6.77. The van der Waals surface area contributed by atoms with Crippen molar-refractivity contribution in [2.24, 2.45) is 0 Å². The molecule has 0 unspecified atom stereocenters. The maximum atomic E-state index is 2.57. The molecule has 0 amide bonds. The molecule has 1 aliphatic heterocycles. The van der Waals surface area contributed by atoms with Gasteiger partial charge >= 0.3 is 0 Å². The second kappa shape index (κ2) is 5.58. The van der Waals surface area contributed by atoms with Gasteiger partial charge in [0.05, 0.1) is 0 Å². The highest BCUT2D eigenvalue weighted by Crippen LogP contribution is 2.40. The number of likely N-dealkylation sites (tertiary alicyclic amines) is 1. The maximum absolute atomic E-state index is 2.57. The van der Waals surface area contributed by atoms with Crippen LogP contribution in [0.1, 0.15) is 42.7 Å². The van der Waals surface area contributed by atoms with Crippen LogP contribution in [-0.2, 0) is 6.42 Å². The SMILES string of the molecule is CN1CCC[C@@H]1C[C@@H]1CCc2ccc(-c3ccsc3)cc21. The topological polar surface area (TPSA) is 3.24 Å². The van der Waals surface area contributed by atoms with E-state index in [1.54, 1.807) is 22.5 Å². The number of nitrogens with zero attached hydrogens (tertiary/aromatic N) is 1. The van der Waals surface area contributed by atoms with Crippen LogP contribution in [0.25, 0.3) is 11.1 Å². The molecule has 0 radical (unpaired) electrons. The van der Waals surface area contributed by atoms with Gasteiger partial charge in [-0.15, -0.1) is 0 Å². The lowest BCUT2D eigenvalue weighted by atomic mass is 9.91. The number of hydrogen-bond donors (Lipinski definition) is 0. The van der Waals surface area contributed by atoms with Crippen LogP contribution < -0.4 is 0 Å². The van der Waals surface area contributed by atoms with Crippen molar-refractivity contribution in [2.45, 2.75) is 44.1 Å². The van der Waals surface area contributed by atoms with E-state index in [1.165, 1.54) is 49.8 Å². The summed E-state index contributed by atoms with van der Waals surface area (Å²) in [7, 11) is 2.30. The molecule has 2 aliphatic rings. The zero-order valence-electron chi connectivity index (χ0n) is 12.7. The molecule has 1 aliphatic carbocycles. The fraction of sp³-hybridized carbons (Fsp3) is 0.474. The third kappa shape index (κ3) is 2.56. The number of rotatable bonds is 3. The van der Waals surface area contributed by atoms with Gasteiger partial charge in [-0.1, -0.05) is 18.2 Å². The van der Waals surface area contributed by atoms with E-state index in [0.717, 1.165) is 12.0 Å². The summed E-state index contributed by atoms with van der Waals surface area (Å²) < 4.78 is 0. The van der Waals surface area contributed by atoms with Gasteiger partial charge in [0.2, 0.25) is 0 Å². The summed E-state index contributed by atoms with van der Waals surface area (Å²) in [6.45, 7) is 1.29. The Morgan fingerprint density at radius 3 is 2.90 bits per heavy atom. The Balaban J connectivity index is 1.59. The van der Waals surface area contributed by atoms with Gasteiger partial charge in [0, 0.05) is 6.04 Å². The first-order valence-electron chi connectivity index (χ1n) is 8.17. The molecule has 0 spiro atoms. The van der Waals surface area contributed by atoms with Gasteiger partial charge in [-0.05, 0) is 90.7 Å². The fourth-order valence-corrected chi connectivity index (χ4v) is 4.81. The molecule has 0 bridgehead atoms. The van der Waals surface area contributed by atoms with E-state index in [4.69, 9.17) is 0 Å². The van der Waals surface area contributed by atoms with Crippen molar-refractivity contribution in [3.8, 4) is 11.1 Å². The Morgan fingerprint density at radius 1 is 1.19 bits per heavy atom. The van der Waals surface area contributed by atoms with Crippen molar-refractivity contribution >= 4 is 11.3 Å². The van der Waals surface area contributed by atoms with Gasteiger partial charge in [0.15, 0.2) is 0 Å². The van der Waals surface area contributed by atoms with Crippen molar-refractivity contribution in [1.82, 2.24) is 4.90 Å². The predicted molar refractivity (Wildman–Crippen MR) is 91.1 cm³/mol. The first-order valence-corrected chi connectivity index (χ1v) is 9.11. The average Bonchev–Trinajstić information content (AvgIpc) is 3.22. The van der Waals surface area contributed by atoms with Crippen molar-refractivity contribution < 1.29 is 0 Å². The Kier molecular flexibility index (Phi) is 3.60. The van der Waals surface area contributed by atoms with Crippen molar-refractivity contribution in [3.05, 3.63) is 46.2 Å². The molecule has 1 aromatic carbocycles. The summed E-state index contributed by atoms with van der Waals surface area (Å²) >= 11 is 1.79. The summed E-state index contributed by atoms with van der Waals surface area (Å²) in [4.78, 5) is 2.57. The van der Waals surface area contributed by atoms with E-state index in [0.29, 0.717) is 0 Å². The summed E-state index contributed by atoms with van der Waals surface area (Å²) in [6, 6.07) is 10.2. The van der Waals surface area contributed by atoms with Gasteiger partial charge in [-0.2, -0.15) is 11.3 Å². The first-order chi connectivity index (χ1) is 10.3. The first kappa shape index (κ1) is 13.5. The van der Waals surface area contributed by atoms with E-state index in [9.17, 15) is 0 Å². The van der Waals surface area contributed by atoms with Crippen LogP contribution in [0.15, 0.2) is 35.0 Å². The van der Waals surface area contributed by atoms with Gasteiger partial charge in [0.25, 0.3) is 0 Å². The van der Waals surface area contributed by atoms with E-state index < -0.39 is 0 Å². The number of hydrogen-bond acceptors (Lipinski definition) is 2. The number of benzene rings is 1. The minimum atomic E-state index is 0.782. The van der Waals surface area contributed by atoms with E-state index in [-0.39, 0.29) is 0 Å². The van der Waals surface area contributed by atoms with E-state index in [2.05, 4.69) is 47.0 Å². The van der Waals surface area contributed by atoms with Gasteiger partial charge in [0.1, 0.15) is 0 Å². The second-order valence-electron chi connectivity index (χ2n) is 6.67. The lowest BCUT2D eigenvalue weighted by Gasteiger charge is -2.23. The summed E-state index contributed by atoms with van der Waals surface area (Å²) in [5, 5.41) is 4.43. The number of thiophene rings is 1. The van der Waals surface area contributed by atoms with Crippen molar-refractivity contribution in [3.63, 3.8) is 0 Å². The zero-order valence-corrected chi connectivity index (χ0v) is 13.5. The highest BCUT2D eigenvalue weighted by molar-refractivity contribution is 7.08.